The molecule has 2 aromatic rings. The van der Waals surface area contributed by atoms with Gasteiger partial charge in [-0.2, -0.15) is 0 Å². The van der Waals surface area contributed by atoms with Gasteiger partial charge in [0, 0.05) is 38.4 Å². The molecular weight excluding hydrogens is 370 g/mol. The molecule has 1 aliphatic heterocycles. The third-order valence-corrected chi connectivity index (χ3v) is 5.25. The predicted octanol–water partition coefficient (Wildman–Crippen LogP) is 2.51. The summed E-state index contributed by atoms with van der Waals surface area (Å²) in [5, 5.41) is 8.68. The first-order valence-corrected chi connectivity index (χ1v) is 10.0. The number of rotatable bonds is 8. The van der Waals surface area contributed by atoms with E-state index in [-0.39, 0.29) is 12.7 Å². The number of aromatic nitrogens is 2. The number of anilines is 2. The highest BCUT2D eigenvalue weighted by Crippen LogP contribution is 2.41. The lowest BCUT2D eigenvalue weighted by atomic mass is 10.0. The summed E-state index contributed by atoms with van der Waals surface area (Å²) in [5.41, 5.74) is 7.82. The largest absolute Gasteiger partial charge is 0.485 e. The maximum atomic E-state index is 8.68. The minimum atomic E-state index is -0.246. The Labute approximate surface area is 172 Å². The normalized spacial score (nSPS) is 17.8. The maximum Gasteiger partial charge on any atom is 0.132 e. The second-order valence-corrected chi connectivity index (χ2v) is 7.41. The highest BCUT2D eigenvalue weighted by atomic mass is 16.5. The Bertz CT molecular complexity index is 885. The first kappa shape index (κ1) is 19.6. The molecule has 0 radical (unpaired) electrons. The van der Waals surface area contributed by atoms with Crippen LogP contribution < -0.4 is 15.4 Å². The summed E-state index contributed by atoms with van der Waals surface area (Å²) in [6.07, 6.45) is 3.43. The van der Waals surface area contributed by atoms with E-state index in [1.165, 1.54) is 6.33 Å². The molecule has 1 aliphatic carbocycles. The van der Waals surface area contributed by atoms with E-state index in [1.807, 2.05) is 25.1 Å². The van der Waals surface area contributed by atoms with Crippen molar-refractivity contribution >= 4 is 17.2 Å². The lowest BCUT2D eigenvalue weighted by Crippen LogP contribution is -2.36. The van der Waals surface area contributed by atoms with Crippen LogP contribution in [-0.2, 0) is 9.47 Å². The van der Waals surface area contributed by atoms with Crippen LogP contribution in [0.3, 0.4) is 0 Å². The van der Waals surface area contributed by atoms with E-state index >= 15 is 0 Å². The number of nitrogens with one attached hydrogen (secondary N) is 1. The van der Waals surface area contributed by atoms with Gasteiger partial charge in [-0.1, -0.05) is 0 Å². The van der Waals surface area contributed by atoms with Crippen molar-refractivity contribution in [2.75, 3.05) is 50.2 Å². The second-order valence-electron chi connectivity index (χ2n) is 7.41. The van der Waals surface area contributed by atoms with E-state index in [0.717, 1.165) is 31.7 Å². The zero-order chi connectivity index (χ0) is 20.3. The number of hydrogen-bond donors (Lipinski definition) is 2. The van der Waals surface area contributed by atoms with Gasteiger partial charge < -0.3 is 24.8 Å². The van der Waals surface area contributed by atoms with Crippen LogP contribution in [0.25, 0.3) is 0 Å². The van der Waals surface area contributed by atoms with Gasteiger partial charge in [0.05, 0.1) is 31.2 Å². The summed E-state index contributed by atoms with van der Waals surface area (Å²) >= 11 is 0. The molecule has 0 bridgehead atoms. The van der Waals surface area contributed by atoms with Crippen LogP contribution in [0.15, 0.2) is 30.6 Å². The van der Waals surface area contributed by atoms with Crippen molar-refractivity contribution in [2.45, 2.75) is 25.4 Å². The molecule has 1 aromatic carbocycles. The molecule has 4 rings (SSSR count). The van der Waals surface area contributed by atoms with Crippen LogP contribution in [0.5, 0.6) is 5.75 Å². The monoisotopic (exact) mass is 399 g/mol. The van der Waals surface area contributed by atoms with Crippen LogP contribution in [0.4, 0.5) is 11.5 Å². The number of hydrogen-bond acceptors (Lipinski definition) is 8. The van der Waals surface area contributed by atoms with E-state index < -0.39 is 0 Å². The second kappa shape index (κ2) is 8.34. The van der Waals surface area contributed by atoms with Crippen LogP contribution in [0.1, 0.15) is 32.4 Å². The summed E-state index contributed by atoms with van der Waals surface area (Å²) in [4.78, 5) is 10.8. The molecule has 0 spiro atoms. The van der Waals surface area contributed by atoms with E-state index in [4.69, 9.17) is 25.4 Å². The van der Waals surface area contributed by atoms with Gasteiger partial charge in [0.15, 0.2) is 0 Å². The summed E-state index contributed by atoms with van der Waals surface area (Å²) in [6, 6.07) is 7.27. The molecule has 2 aliphatic rings. The van der Waals surface area contributed by atoms with Crippen molar-refractivity contribution in [3.63, 3.8) is 0 Å². The van der Waals surface area contributed by atoms with Crippen molar-refractivity contribution in [1.29, 1.82) is 5.41 Å². The maximum absolute atomic E-state index is 8.68. The Morgan fingerprint density at radius 3 is 2.79 bits per heavy atom. The molecular formula is C21H29N5O3. The molecule has 0 amide bonds. The molecule has 1 saturated carbocycles. The number of benzene rings is 1. The number of nitrogen functional groups attached to an aromatic ring is 1. The smallest absolute Gasteiger partial charge is 0.132 e. The zero-order valence-electron chi connectivity index (χ0n) is 16.7. The Kier molecular flexibility index (Phi) is 5.64. The first-order chi connectivity index (χ1) is 14.1. The van der Waals surface area contributed by atoms with E-state index in [9.17, 15) is 0 Å². The fraction of sp³-hybridized carbons (Fsp3) is 0.476. The van der Waals surface area contributed by atoms with Gasteiger partial charge in [0.25, 0.3) is 0 Å². The average molecular weight is 399 g/mol. The van der Waals surface area contributed by atoms with Gasteiger partial charge >= 0.3 is 0 Å². The molecule has 3 N–H and O–H groups in total. The Hall–Kier alpha value is -2.71. The highest BCUT2D eigenvalue weighted by molar-refractivity contribution is 6.13. The van der Waals surface area contributed by atoms with Gasteiger partial charge in [-0.25, -0.2) is 9.97 Å². The minimum Gasteiger partial charge on any atom is -0.485 e. The SMILES string of the molecule is CCOCC1(Oc2ccc(N)c(C(=N)c3cc(N4CCOCC4)ncn3)c2)CC1.[HH]. The van der Waals surface area contributed by atoms with E-state index in [1.54, 1.807) is 6.07 Å². The third-order valence-electron chi connectivity index (χ3n) is 5.25. The Morgan fingerprint density at radius 2 is 2.07 bits per heavy atom. The standard InChI is InChI=1S/C21H27N5O3.H2/c1-2-27-13-21(5-6-21)29-15-3-4-17(22)16(11-15)20(23)18-12-19(25-14-24-18)26-7-9-28-10-8-26;/h3-4,11-12,14,23H,2,5-10,13,22H2,1H3;1H. The quantitative estimate of drug-likeness (QED) is 0.519. The van der Waals surface area contributed by atoms with E-state index in [2.05, 4.69) is 14.9 Å². The van der Waals surface area contributed by atoms with Crippen molar-refractivity contribution in [3.05, 3.63) is 41.9 Å². The summed E-state index contributed by atoms with van der Waals surface area (Å²) in [5.74, 6) is 1.49. The van der Waals surface area contributed by atoms with Gasteiger partial charge in [-0.15, -0.1) is 0 Å². The summed E-state index contributed by atoms with van der Waals surface area (Å²) < 4.78 is 17.1. The zero-order valence-corrected chi connectivity index (χ0v) is 16.7. The van der Waals surface area contributed by atoms with Crippen molar-refractivity contribution in [3.8, 4) is 5.75 Å². The topological polar surface area (TPSA) is 107 Å². The summed E-state index contributed by atoms with van der Waals surface area (Å²) in [7, 11) is 0. The fourth-order valence-corrected chi connectivity index (χ4v) is 3.36. The number of ether oxygens (including phenoxy) is 3. The van der Waals surface area contributed by atoms with Gasteiger partial charge in [-0.05, 0) is 38.0 Å². The number of nitrogens with two attached hydrogens (primary N) is 1. The molecule has 1 saturated heterocycles. The predicted molar refractivity (Wildman–Crippen MR) is 113 cm³/mol. The molecule has 8 nitrogen and oxygen atoms in total. The Balaban J connectivity index is 0.00000256. The molecule has 29 heavy (non-hydrogen) atoms. The number of morpholine rings is 1. The van der Waals surface area contributed by atoms with Gasteiger partial charge in [0.2, 0.25) is 0 Å². The lowest BCUT2D eigenvalue weighted by molar-refractivity contribution is 0.0414. The van der Waals surface area contributed by atoms with Crippen molar-refractivity contribution in [1.82, 2.24) is 9.97 Å². The van der Waals surface area contributed by atoms with Crippen LogP contribution in [0, 0.1) is 5.41 Å². The minimum absolute atomic E-state index is 0. The van der Waals surface area contributed by atoms with E-state index in [0.29, 0.717) is 49.1 Å². The van der Waals surface area contributed by atoms with Crippen molar-refractivity contribution < 1.29 is 15.6 Å². The average Bonchev–Trinajstić information content (AvgIpc) is 3.53. The molecule has 0 unspecified atom stereocenters. The molecule has 8 heteroatoms. The molecule has 0 atom stereocenters. The molecule has 1 aromatic heterocycles. The molecule has 2 fully saturated rings. The third kappa shape index (κ3) is 4.49. The van der Waals surface area contributed by atoms with Crippen molar-refractivity contribution in [2.24, 2.45) is 0 Å². The molecule has 2 heterocycles. The van der Waals surface area contributed by atoms with Crippen LogP contribution in [-0.4, -0.2) is 60.8 Å². The number of nitrogens with zero attached hydrogens (tertiary/aromatic N) is 3. The van der Waals surface area contributed by atoms with Crippen LogP contribution in [0.2, 0.25) is 0 Å². The summed E-state index contributed by atoms with van der Waals surface area (Å²) in [6.45, 7) is 6.12. The van der Waals surface area contributed by atoms with Gasteiger partial charge in [0.1, 0.15) is 23.5 Å². The fourth-order valence-electron chi connectivity index (χ4n) is 3.36. The Morgan fingerprint density at radius 1 is 1.28 bits per heavy atom. The van der Waals surface area contributed by atoms with Crippen LogP contribution >= 0.6 is 0 Å². The molecule has 156 valence electrons. The first-order valence-electron chi connectivity index (χ1n) is 10.0. The highest BCUT2D eigenvalue weighted by Gasteiger charge is 2.46. The lowest BCUT2D eigenvalue weighted by Gasteiger charge is -2.27. The van der Waals surface area contributed by atoms with Gasteiger partial charge in [-0.3, -0.25) is 5.41 Å².